The van der Waals surface area contributed by atoms with Gasteiger partial charge in [0.15, 0.2) is 5.78 Å². The molecule has 0 aliphatic heterocycles. The number of nitrogens with zero attached hydrogens (tertiary/aromatic N) is 3. The molecule has 4 rings (SSSR count). The first-order chi connectivity index (χ1) is 14.4. The Morgan fingerprint density at radius 2 is 1.90 bits per heavy atom. The Bertz CT molecular complexity index is 1360. The average Bonchev–Trinajstić information content (AvgIpc) is 3.08. The van der Waals surface area contributed by atoms with E-state index in [4.69, 9.17) is 0 Å². The maximum atomic E-state index is 13.1. The fourth-order valence-electron chi connectivity index (χ4n) is 3.36. The highest BCUT2D eigenvalue weighted by atomic mass is 32.1. The highest BCUT2D eigenvalue weighted by molar-refractivity contribution is 7.22. The predicted octanol–water partition coefficient (Wildman–Crippen LogP) is 4.53. The largest absolute Gasteiger partial charge is 0.292 e. The Morgan fingerprint density at radius 1 is 1.17 bits per heavy atom. The molecule has 0 atom stereocenters. The summed E-state index contributed by atoms with van der Waals surface area (Å²) in [6, 6.07) is 14.1. The van der Waals surface area contributed by atoms with E-state index in [9.17, 15) is 19.7 Å². The van der Waals surface area contributed by atoms with Gasteiger partial charge in [0.2, 0.25) is 0 Å². The molecule has 0 saturated carbocycles. The summed E-state index contributed by atoms with van der Waals surface area (Å²) >= 11 is 1.44. The van der Waals surface area contributed by atoms with Gasteiger partial charge in [0.25, 0.3) is 11.2 Å². The van der Waals surface area contributed by atoms with Gasteiger partial charge in [0.05, 0.1) is 23.2 Å². The fraction of sp³-hybridized carbons (Fsp3) is 0.136. The Morgan fingerprint density at radius 3 is 2.60 bits per heavy atom. The first kappa shape index (κ1) is 19.7. The summed E-state index contributed by atoms with van der Waals surface area (Å²) in [5.74, 6) is -0.391. The Hall–Kier alpha value is -3.65. The molecule has 0 aliphatic rings. The lowest BCUT2D eigenvalue weighted by Crippen LogP contribution is -2.24. The third-order valence-electron chi connectivity index (χ3n) is 5.00. The fourth-order valence-corrected chi connectivity index (χ4v) is 4.51. The van der Waals surface area contributed by atoms with Gasteiger partial charge in [0.1, 0.15) is 4.83 Å². The summed E-state index contributed by atoms with van der Waals surface area (Å²) in [6.07, 6.45) is 1.36. The summed E-state index contributed by atoms with van der Waals surface area (Å²) < 4.78 is 1.25. The molecular formula is C22H17N3O4S. The van der Waals surface area contributed by atoms with Crippen LogP contribution in [0.2, 0.25) is 0 Å². The molecule has 0 amide bonds. The topological polar surface area (TPSA) is 95.1 Å². The predicted molar refractivity (Wildman–Crippen MR) is 116 cm³/mol. The molecule has 0 radical (unpaired) electrons. The summed E-state index contributed by atoms with van der Waals surface area (Å²) in [5, 5.41) is 11.6. The van der Waals surface area contributed by atoms with Crippen molar-refractivity contribution < 1.29 is 9.72 Å². The van der Waals surface area contributed by atoms with Crippen LogP contribution in [-0.2, 0) is 6.54 Å². The lowest BCUT2D eigenvalue weighted by atomic mass is 10.1. The zero-order chi connectivity index (χ0) is 21.4. The van der Waals surface area contributed by atoms with Gasteiger partial charge in [-0.25, -0.2) is 4.98 Å². The minimum absolute atomic E-state index is 0.122. The molecule has 0 aliphatic carbocycles. The maximum absolute atomic E-state index is 13.1. The molecule has 0 spiro atoms. The van der Waals surface area contributed by atoms with Crippen LogP contribution in [0.5, 0.6) is 0 Å². The standard InChI is InChI=1S/C22H17N3O4S/c1-13-8-9-16(10-17(13)25(28)29)18(26)11-24-12-23-21-19(22(24)27)14(2)20(30-21)15-6-4-3-5-7-15/h3-10,12H,11H2,1-2H3. The maximum Gasteiger partial charge on any atom is 0.273 e. The Labute approximate surface area is 175 Å². The van der Waals surface area contributed by atoms with Crippen LogP contribution >= 0.6 is 11.3 Å². The molecule has 0 N–H and O–H groups in total. The van der Waals surface area contributed by atoms with Crippen molar-refractivity contribution in [1.82, 2.24) is 9.55 Å². The third kappa shape index (κ3) is 3.42. The molecule has 2 aromatic carbocycles. The zero-order valence-corrected chi connectivity index (χ0v) is 17.1. The zero-order valence-electron chi connectivity index (χ0n) is 16.3. The van der Waals surface area contributed by atoms with Gasteiger partial charge in [-0.1, -0.05) is 42.5 Å². The second kappa shape index (κ2) is 7.64. The number of benzene rings is 2. The molecule has 0 unspecified atom stereocenters. The number of carbonyl (C=O) groups excluding carboxylic acids is 1. The van der Waals surface area contributed by atoms with Crippen LogP contribution < -0.4 is 5.56 Å². The number of thiophene rings is 1. The van der Waals surface area contributed by atoms with Gasteiger partial charge >= 0.3 is 0 Å². The van der Waals surface area contributed by atoms with Gasteiger partial charge < -0.3 is 0 Å². The lowest BCUT2D eigenvalue weighted by molar-refractivity contribution is -0.385. The molecule has 4 aromatic rings. The number of nitro groups is 1. The monoisotopic (exact) mass is 419 g/mol. The number of fused-ring (bicyclic) bond motifs is 1. The van der Waals surface area contributed by atoms with Crippen molar-refractivity contribution in [2.45, 2.75) is 20.4 Å². The molecular weight excluding hydrogens is 402 g/mol. The summed E-state index contributed by atoms with van der Waals surface area (Å²) in [4.78, 5) is 42.3. The molecule has 30 heavy (non-hydrogen) atoms. The number of Topliss-reactive ketones (excluding diaryl/α,β-unsaturated/α-hetero) is 1. The van der Waals surface area contributed by atoms with E-state index in [1.165, 1.54) is 40.4 Å². The van der Waals surface area contributed by atoms with Gasteiger partial charge in [-0.3, -0.25) is 24.3 Å². The van der Waals surface area contributed by atoms with Crippen LogP contribution in [0, 0.1) is 24.0 Å². The molecule has 0 bridgehead atoms. The molecule has 8 heteroatoms. The van der Waals surface area contributed by atoms with E-state index in [2.05, 4.69) is 4.98 Å². The minimum Gasteiger partial charge on any atom is -0.292 e. The van der Waals surface area contributed by atoms with Crippen molar-refractivity contribution in [3.8, 4) is 10.4 Å². The van der Waals surface area contributed by atoms with Crippen molar-refractivity contribution in [2.24, 2.45) is 0 Å². The summed E-state index contributed by atoms with van der Waals surface area (Å²) in [7, 11) is 0. The van der Waals surface area contributed by atoms with Crippen molar-refractivity contribution in [1.29, 1.82) is 0 Å². The van der Waals surface area contributed by atoms with Crippen LogP contribution in [0.1, 0.15) is 21.5 Å². The average molecular weight is 419 g/mol. The van der Waals surface area contributed by atoms with Crippen molar-refractivity contribution in [3.63, 3.8) is 0 Å². The minimum atomic E-state index is -0.522. The van der Waals surface area contributed by atoms with Crippen LogP contribution in [0.3, 0.4) is 0 Å². The van der Waals surface area contributed by atoms with Crippen molar-refractivity contribution >= 4 is 33.0 Å². The van der Waals surface area contributed by atoms with Crippen molar-refractivity contribution in [2.75, 3.05) is 0 Å². The van der Waals surface area contributed by atoms with E-state index < -0.39 is 10.7 Å². The van der Waals surface area contributed by atoms with E-state index in [0.717, 1.165) is 16.0 Å². The van der Waals surface area contributed by atoms with Crippen LogP contribution in [-0.4, -0.2) is 20.3 Å². The number of aromatic nitrogens is 2. The van der Waals surface area contributed by atoms with Gasteiger partial charge in [0, 0.05) is 22.1 Å². The second-order valence-corrected chi connectivity index (χ2v) is 7.96. The first-order valence-electron chi connectivity index (χ1n) is 9.19. The quantitative estimate of drug-likeness (QED) is 0.269. The summed E-state index contributed by atoms with van der Waals surface area (Å²) in [5.41, 5.74) is 2.07. The van der Waals surface area contributed by atoms with Gasteiger partial charge in [-0.2, -0.15) is 0 Å². The van der Waals surface area contributed by atoms with E-state index in [-0.39, 0.29) is 23.4 Å². The smallest absolute Gasteiger partial charge is 0.273 e. The van der Waals surface area contributed by atoms with Crippen LogP contribution in [0.4, 0.5) is 5.69 Å². The van der Waals surface area contributed by atoms with E-state index in [1.807, 2.05) is 37.3 Å². The number of carbonyl (C=O) groups is 1. The van der Waals surface area contributed by atoms with Gasteiger partial charge in [-0.15, -0.1) is 11.3 Å². The van der Waals surface area contributed by atoms with Crippen LogP contribution in [0.15, 0.2) is 59.7 Å². The number of rotatable bonds is 5. The van der Waals surface area contributed by atoms with Gasteiger partial charge in [-0.05, 0) is 25.0 Å². The van der Waals surface area contributed by atoms with Crippen molar-refractivity contribution in [3.05, 3.63) is 92.0 Å². The third-order valence-corrected chi connectivity index (χ3v) is 6.24. The van der Waals surface area contributed by atoms with E-state index >= 15 is 0 Å². The molecule has 0 saturated heterocycles. The summed E-state index contributed by atoms with van der Waals surface area (Å²) in [6.45, 7) is 3.25. The number of ketones is 1. The van der Waals surface area contributed by atoms with E-state index in [0.29, 0.717) is 15.8 Å². The van der Waals surface area contributed by atoms with E-state index in [1.54, 1.807) is 6.92 Å². The highest BCUT2D eigenvalue weighted by Crippen LogP contribution is 2.35. The SMILES string of the molecule is Cc1ccc(C(=O)Cn2cnc3sc(-c4ccccc4)c(C)c3c2=O)cc1[N+](=O)[O-]. The number of hydrogen-bond donors (Lipinski definition) is 0. The second-order valence-electron chi connectivity index (χ2n) is 6.96. The first-order valence-corrected chi connectivity index (χ1v) is 10.0. The molecule has 150 valence electrons. The molecule has 0 fully saturated rings. The highest BCUT2D eigenvalue weighted by Gasteiger charge is 2.19. The number of aryl methyl sites for hydroxylation is 2. The Kier molecular flexibility index (Phi) is 5.01. The van der Waals surface area contributed by atoms with Crippen LogP contribution in [0.25, 0.3) is 20.7 Å². The number of nitro benzene ring substituents is 1. The molecule has 2 heterocycles. The number of hydrogen-bond acceptors (Lipinski definition) is 6. The normalized spacial score (nSPS) is 11.0. The molecule has 7 nitrogen and oxygen atoms in total. The molecule has 2 aromatic heterocycles. The lowest BCUT2D eigenvalue weighted by Gasteiger charge is -2.06. The Balaban J connectivity index is 1.72.